The minimum Gasteiger partial charge on any atom is -0.497 e. The summed E-state index contributed by atoms with van der Waals surface area (Å²) < 4.78 is 5.32. The highest BCUT2D eigenvalue weighted by atomic mass is 16.5. The number of methoxy groups -OCH3 is 1. The molecule has 0 aliphatic carbocycles. The minimum absolute atomic E-state index is 0.312. The van der Waals surface area contributed by atoms with Gasteiger partial charge in [-0.1, -0.05) is 12.1 Å². The van der Waals surface area contributed by atoms with Gasteiger partial charge in [0.15, 0.2) is 0 Å². The monoisotopic (exact) mass is 322 g/mol. The van der Waals surface area contributed by atoms with Gasteiger partial charge in [0.2, 0.25) is 0 Å². The van der Waals surface area contributed by atoms with Crippen molar-refractivity contribution >= 4 is 11.5 Å². The molecule has 3 rings (SSSR count). The molecule has 1 aromatic heterocycles. The van der Waals surface area contributed by atoms with E-state index in [0.29, 0.717) is 11.7 Å². The first-order valence-electron chi connectivity index (χ1n) is 8.23. The van der Waals surface area contributed by atoms with Crippen molar-refractivity contribution in [3.8, 4) is 11.8 Å². The Balaban J connectivity index is 1.70. The highest BCUT2D eigenvalue weighted by molar-refractivity contribution is 5.52. The second kappa shape index (κ2) is 7.22. The van der Waals surface area contributed by atoms with Crippen LogP contribution in [0.15, 0.2) is 36.4 Å². The van der Waals surface area contributed by atoms with Crippen LogP contribution in [0, 0.1) is 18.3 Å². The topological polar surface area (TPSA) is 61.2 Å². The van der Waals surface area contributed by atoms with E-state index in [0.717, 1.165) is 43.1 Å². The molecule has 124 valence electrons. The molecular weight excluding hydrogens is 300 g/mol. The number of hydrogen-bond acceptors (Lipinski definition) is 5. The molecule has 1 saturated heterocycles. The summed E-state index contributed by atoms with van der Waals surface area (Å²) in [6.45, 7) is 3.85. The minimum atomic E-state index is 0.312. The van der Waals surface area contributed by atoms with E-state index in [4.69, 9.17) is 10.00 Å². The largest absolute Gasteiger partial charge is 0.497 e. The second-order valence-electron chi connectivity index (χ2n) is 6.10. The Morgan fingerprint density at radius 1 is 1.33 bits per heavy atom. The van der Waals surface area contributed by atoms with Crippen LogP contribution < -0.4 is 15.0 Å². The van der Waals surface area contributed by atoms with Crippen LogP contribution in [-0.4, -0.2) is 31.2 Å². The fourth-order valence-electron chi connectivity index (χ4n) is 3.07. The van der Waals surface area contributed by atoms with Gasteiger partial charge >= 0.3 is 0 Å². The third-order valence-electron chi connectivity index (χ3n) is 4.39. The van der Waals surface area contributed by atoms with Crippen molar-refractivity contribution in [2.75, 3.05) is 30.4 Å². The lowest BCUT2D eigenvalue weighted by molar-refractivity contribution is 0.414. The van der Waals surface area contributed by atoms with E-state index in [9.17, 15) is 0 Å². The third-order valence-corrected chi connectivity index (χ3v) is 4.39. The predicted octanol–water partition coefficient (Wildman–Crippen LogP) is 3.35. The Morgan fingerprint density at radius 2 is 2.21 bits per heavy atom. The lowest BCUT2D eigenvalue weighted by Crippen LogP contribution is -2.42. The maximum atomic E-state index is 9.13. The molecule has 0 bridgehead atoms. The SMILES string of the molecule is COc1cccc(N2CCCC(Nc3ccc(C)c(C#N)n3)C2)c1. The Morgan fingerprint density at radius 3 is 3.00 bits per heavy atom. The first-order valence-corrected chi connectivity index (χ1v) is 8.23. The summed E-state index contributed by atoms with van der Waals surface area (Å²) in [7, 11) is 1.69. The van der Waals surface area contributed by atoms with Crippen LogP contribution in [0.3, 0.4) is 0 Å². The summed E-state index contributed by atoms with van der Waals surface area (Å²) in [5.41, 5.74) is 2.57. The normalized spacial score (nSPS) is 17.2. The number of nitriles is 1. The van der Waals surface area contributed by atoms with Crippen LogP contribution in [0.4, 0.5) is 11.5 Å². The number of pyridine rings is 1. The fraction of sp³-hybridized carbons (Fsp3) is 0.368. The van der Waals surface area contributed by atoms with E-state index in [1.54, 1.807) is 7.11 Å². The second-order valence-corrected chi connectivity index (χ2v) is 6.10. The maximum Gasteiger partial charge on any atom is 0.145 e. The first kappa shape index (κ1) is 16.1. The van der Waals surface area contributed by atoms with Crippen LogP contribution in [0.2, 0.25) is 0 Å². The van der Waals surface area contributed by atoms with Crippen molar-refractivity contribution in [3.05, 3.63) is 47.7 Å². The molecule has 1 fully saturated rings. The zero-order chi connectivity index (χ0) is 16.9. The highest BCUT2D eigenvalue weighted by Gasteiger charge is 2.21. The van der Waals surface area contributed by atoms with Crippen molar-refractivity contribution in [2.45, 2.75) is 25.8 Å². The molecule has 1 unspecified atom stereocenters. The number of aromatic nitrogens is 1. The molecule has 2 aromatic rings. The lowest BCUT2D eigenvalue weighted by Gasteiger charge is -2.35. The van der Waals surface area contributed by atoms with E-state index in [1.807, 2.05) is 31.2 Å². The van der Waals surface area contributed by atoms with Gasteiger partial charge in [-0.3, -0.25) is 0 Å². The number of rotatable bonds is 4. The van der Waals surface area contributed by atoms with Crippen molar-refractivity contribution in [2.24, 2.45) is 0 Å². The molecule has 0 saturated carbocycles. The number of anilines is 2. The molecule has 0 radical (unpaired) electrons. The lowest BCUT2D eigenvalue weighted by atomic mass is 10.0. The van der Waals surface area contributed by atoms with Crippen molar-refractivity contribution in [3.63, 3.8) is 0 Å². The summed E-state index contributed by atoms with van der Waals surface area (Å²) >= 11 is 0. The number of hydrogen-bond donors (Lipinski definition) is 1. The molecule has 5 heteroatoms. The predicted molar refractivity (Wildman–Crippen MR) is 95.5 cm³/mol. The van der Waals surface area contributed by atoms with Crippen molar-refractivity contribution < 1.29 is 4.74 Å². The van der Waals surface area contributed by atoms with Gasteiger partial charge in [0.05, 0.1) is 7.11 Å². The number of nitrogens with one attached hydrogen (secondary N) is 1. The average Bonchev–Trinajstić information content (AvgIpc) is 2.63. The van der Waals surface area contributed by atoms with Gasteiger partial charge in [-0.25, -0.2) is 4.98 Å². The zero-order valence-corrected chi connectivity index (χ0v) is 14.1. The van der Waals surface area contributed by atoms with Crippen LogP contribution >= 0.6 is 0 Å². The number of benzene rings is 1. The molecule has 0 amide bonds. The van der Waals surface area contributed by atoms with Crippen LogP contribution in [0.25, 0.3) is 0 Å². The van der Waals surface area contributed by atoms with Crippen LogP contribution in [0.1, 0.15) is 24.1 Å². The Bertz CT molecular complexity index is 753. The molecule has 5 nitrogen and oxygen atoms in total. The Hall–Kier alpha value is -2.74. The number of aryl methyl sites for hydroxylation is 1. The standard InChI is InChI=1S/C19H22N4O/c1-14-8-9-19(22-18(14)12-20)21-15-5-4-10-23(13-15)16-6-3-7-17(11-16)24-2/h3,6-9,11,15H,4-5,10,13H2,1-2H3,(H,21,22). The van der Waals surface area contributed by atoms with E-state index in [-0.39, 0.29) is 0 Å². The fourth-order valence-corrected chi connectivity index (χ4v) is 3.07. The Kier molecular flexibility index (Phi) is 4.85. The quantitative estimate of drug-likeness (QED) is 0.935. The summed E-state index contributed by atoms with van der Waals surface area (Å²) in [5.74, 6) is 1.65. The number of piperidine rings is 1. The molecule has 1 aliphatic heterocycles. The van der Waals surface area contributed by atoms with Gasteiger partial charge in [-0.2, -0.15) is 5.26 Å². The molecule has 0 spiro atoms. The number of nitrogens with zero attached hydrogens (tertiary/aromatic N) is 3. The summed E-state index contributed by atoms with van der Waals surface area (Å²) in [5, 5.41) is 12.6. The van der Waals surface area contributed by atoms with Crippen molar-refractivity contribution in [1.29, 1.82) is 5.26 Å². The van der Waals surface area contributed by atoms with E-state index < -0.39 is 0 Å². The van der Waals surface area contributed by atoms with Crippen molar-refractivity contribution in [1.82, 2.24) is 4.98 Å². The van der Waals surface area contributed by atoms with Crippen LogP contribution in [-0.2, 0) is 0 Å². The average molecular weight is 322 g/mol. The third kappa shape index (κ3) is 3.60. The van der Waals surface area contributed by atoms with Gasteiger partial charge in [0.25, 0.3) is 0 Å². The zero-order valence-electron chi connectivity index (χ0n) is 14.1. The summed E-state index contributed by atoms with van der Waals surface area (Å²) in [6.07, 6.45) is 2.21. The van der Waals surface area contributed by atoms with E-state index in [1.165, 1.54) is 5.69 Å². The molecule has 24 heavy (non-hydrogen) atoms. The highest BCUT2D eigenvalue weighted by Crippen LogP contribution is 2.25. The van der Waals surface area contributed by atoms with E-state index in [2.05, 4.69) is 33.4 Å². The molecule has 1 atom stereocenters. The molecule has 2 heterocycles. The summed E-state index contributed by atoms with van der Waals surface area (Å²) in [4.78, 5) is 6.76. The molecule has 1 N–H and O–H groups in total. The first-order chi connectivity index (χ1) is 11.7. The molecule has 1 aliphatic rings. The van der Waals surface area contributed by atoms with Gasteiger partial charge in [0, 0.05) is 30.9 Å². The molecule has 1 aromatic carbocycles. The van der Waals surface area contributed by atoms with E-state index >= 15 is 0 Å². The van der Waals surface area contributed by atoms with Gasteiger partial charge in [-0.05, 0) is 43.5 Å². The van der Waals surface area contributed by atoms with Gasteiger partial charge in [0.1, 0.15) is 23.3 Å². The number of ether oxygens (including phenoxy) is 1. The Labute approximate surface area is 142 Å². The van der Waals surface area contributed by atoms with Gasteiger partial charge < -0.3 is 15.0 Å². The maximum absolute atomic E-state index is 9.13. The van der Waals surface area contributed by atoms with Crippen LogP contribution in [0.5, 0.6) is 5.75 Å². The summed E-state index contributed by atoms with van der Waals surface area (Å²) in [6, 6.07) is 14.5. The van der Waals surface area contributed by atoms with Gasteiger partial charge in [-0.15, -0.1) is 0 Å². The molecular formula is C19H22N4O. The smallest absolute Gasteiger partial charge is 0.145 e.